The van der Waals surface area contributed by atoms with Gasteiger partial charge in [-0.25, -0.2) is 0 Å². The minimum Gasteiger partial charge on any atom is -0.399 e. The third-order valence-corrected chi connectivity index (χ3v) is 3.54. The Morgan fingerprint density at radius 3 is 2.79 bits per heavy atom. The van der Waals surface area contributed by atoms with Crippen molar-refractivity contribution in [3.63, 3.8) is 0 Å². The Balaban J connectivity index is 2.80. The first-order valence-electron chi connectivity index (χ1n) is 4.50. The summed E-state index contributed by atoms with van der Waals surface area (Å²) in [4.78, 5) is 0.813. The molecule has 0 saturated carbocycles. The lowest BCUT2D eigenvalue weighted by Gasteiger charge is -2.05. The highest BCUT2D eigenvalue weighted by Gasteiger charge is 2.06. The van der Waals surface area contributed by atoms with Crippen LogP contribution in [0.4, 0.5) is 5.69 Å². The summed E-state index contributed by atoms with van der Waals surface area (Å²) in [5.74, 6) is 0.501. The summed E-state index contributed by atoms with van der Waals surface area (Å²) in [5.41, 5.74) is 7.22. The van der Waals surface area contributed by atoms with Crippen molar-refractivity contribution in [2.24, 2.45) is 0 Å². The first-order chi connectivity index (χ1) is 6.65. The van der Waals surface area contributed by atoms with Gasteiger partial charge in [0.15, 0.2) is 0 Å². The number of nitrogens with two attached hydrogens (primary N) is 1. The number of aliphatic hydroxyl groups excluding tert-OH is 1. The molecule has 0 aliphatic carbocycles. The number of benzene rings is 1. The molecule has 0 spiro atoms. The van der Waals surface area contributed by atoms with Gasteiger partial charge in [0, 0.05) is 22.9 Å². The van der Waals surface area contributed by atoms with Gasteiger partial charge in [-0.1, -0.05) is 0 Å². The van der Waals surface area contributed by atoms with Gasteiger partial charge in [-0.05, 0) is 37.1 Å². The van der Waals surface area contributed by atoms with Gasteiger partial charge >= 0.3 is 0 Å². The van der Waals surface area contributed by atoms with E-state index in [1.165, 1.54) is 0 Å². The predicted octanol–water partition coefficient (Wildman–Crippen LogP) is 1.07. The summed E-state index contributed by atoms with van der Waals surface area (Å²) in [6.45, 7) is 1.97. The molecule has 1 rings (SSSR count). The van der Waals surface area contributed by atoms with Crippen molar-refractivity contribution in [1.82, 2.24) is 0 Å². The van der Waals surface area contributed by atoms with Crippen LogP contribution in [0.5, 0.6) is 0 Å². The van der Waals surface area contributed by atoms with Crippen LogP contribution in [0.2, 0.25) is 0 Å². The molecule has 1 aromatic rings. The standard InChI is InChI=1S/C10H15NO2S/c1-8-7-9(11)3-4-10(8)14(13)6-2-5-12/h3-4,7,12H,2,5-6,11H2,1H3. The molecule has 0 heterocycles. The van der Waals surface area contributed by atoms with Gasteiger partial charge in [-0.2, -0.15) is 0 Å². The van der Waals surface area contributed by atoms with Crippen molar-refractivity contribution >= 4 is 16.5 Å². The highest BCUT2D eigenvalue weighted by atomic mass is 32.2. The Kier molecular flexibility index (Phi) is 4.10. The third kappa shape index (κ3) is 2.82. The smallest absolute Gasteiger partial charge is 0.0533 e. The molecule has 0 aromatic heterocycles. The van der Waals surface area contributed by atoms with E-state index in [-0.39, 0.29) is 6.61 Å². The van der Waals surface area contributed by atoms with Crippen LogP contribution >= 0.6 is 0 Å². The zero-order chi connectivity index (χ0) is 10.6. The maximum Gasteiger partial charge on any atom is 0.0533 e. The van der Waals surface area contributed by atoms with E-state index in [4.69, 9.17) is 10.8 Å². The summed E-state index contributed by atoms with van der Waals surface area (Å²) in [6.07, 6.45) is 0.566. The molecule has 1 atom stereocenters. The zero-order valence-corrected chi connectivity index (χ0v) is 9.01. The number of aliphatic hydroxyl groups is 1. The Bertz CT molecular complexity index is 339. The quantitative estimate of drug-likeness (QED) is 0.735. The number of aryl methyl sites for hydroxylation is 1. The van der Waals surface area contributed by atoms with Crippen molar-refractivity contribution in [1.29, 1.82) is 0 Å². The third-order valence-electron chi connectivity index (χ3n) is 1.93. The lowest BCUT2D eigenvalue weighted by molar-refractivity contribution is 0.296. The maximum atomic E-state index is 11.7. The van der Waals surface area contributed by atoms with Gasteiger partial charge in [0.1, 0.15) is 0 Å². The van der Waals surface area contributed by atoms with Crippen LogP contribution < -0.4 is 5.73 Å². The summed E-state index contributed by atoms with van der Waals surface area (Å²) in [6, 6.07) is 5.35. The highest BCUT2D eigenvalue weighted by Crippen LogP contribution is 2.16. The highest BCUT2D eigenvalue weighted by molar-refractivity contribution is 7.85. The summed E-state index contributed by atoms with van der Waals surface area (Å²) in [7, 11) is -1.02. The zero-order valence-electron chi connectivity index (χ0n) is 8.19. The minimum atomic E-state index is -1.02. The van der Waals surface area contributed by atoms with E-state index >= 15 is 0 Å². The first kappa shape index (κ1) is 11.2. The lowest BCUT2D eigenvalue weighted by atomic mass is 10.2. The van der Waals surface area contributed by atoms with Crippen LogP contribution in [0.1, 0.15) is 12.0 Å². The molecule has 4 heteroatoms. The Hall–Kier alpha value is -0.870. The van der Waals surface area contributed by atoms with Crippen LogP contribution in [0.3, 0.4) is 0 Å². The van der Waals surface area contributed by atoms with E-state index < -0.39 is 10.8 Å². The molecule has 0 amide bonds. The molecule has 1 unspecified atom stereocenters. The number of hydrogen-bond acceptors (Lipinski definition) is 3. The molecule has 0 aliphatic heterocycles. The van der Waals surface area contributed by atoms with E-state index in [9.17, 15) is 4.21 Å². The molecule has 0 bridgehead atoms. The molecule has 0 fully saturated rings. The molecular formula is C10H15NO2S. The molecule has 0 radical (unpaired) electrons. The van der Waals surface area contributed by atoms with E-state index in [2.05, 4.69) is 0 Å². The Labute approximate surface area is 86.4 Å². The molecule has 3 nitrogen and oxygen atoms in total. The van der Waals surface area contributed by atoms with Crippen molar-refractivity contribution < 1.29 is 9.32 Å². The molecule has 78 valence electrons. The Morgan fingerprint density at radius 1 is 1.50 bits per heavy atom. The largest absolute Gasteiger partial charge is 0.399 e. The number of nitrogen functional groups attached to an aromatic ring is 1. The number of rotatable bonds is 4. The summed E-state index contributed by atoms with van der Waals surface area (Å²) < 4.78 is 11.7. The monoisotopic (exact) mass is 213 g/mol. The lowest BCUT2D eigenvalue weighted by Crippen LogP contribution is -2.02. The minimum absolute atomic E-state index is 0.0831. The van der Waals surface area contributed by atoms with Crippen LogP contribution in [0.25, 0.3) is 0 Å². The first-order valence-corrected chi connectivity index (χ1v) is 5.82. The predicted molar refractivity (Wildman–Crippen MR) is 58.6 cm³/mol. The van der Waals surface area contributed by atoms with Crippen molar-refractivity contribution in [3.8, 4) is 0 Å². The topological polar surface area (TPSA) is 63.3 Å². The SMILES string of the molecule is Cc1cc(N)ccc1S(=O)CCCO. The fourth-order valence-corrected chi connectivity index (χ4v) is 2.48. The van der Waals surface area contributed by atoms with E-state index in [0.29, 0.717) is 17.9 Å². The van der Waals surface area contributed by atoms with Crippen molar-refractivity contribution in [3.05, 3.63) is 23.8 Å². The normalized spacial score (nSPS) is 12.7. The van der Waals surface area contributed by atoms with E-state index in [1.807, 2.05) is 13.0 Å². The number of anilines is 1. The number of hydrogen-bond donors (Lipinski definition) is 2. The van der Waals surface area contributed by atoms with Crippen LogP contribution in [-0.2, 0) is 10.8 Å². The van der Waals surface area contributed by atoms with Crippen molar-refractivity contribution in [2.45, 2.75) is 18.2 Å². The molecule has 0 aliphatic rings. The second-order valence-corrected chi connectivity index (χ2v) is 4.69. The van der Waals surface area contributed by atoms with Gasteiger partial charge in [-0.15, -0.1) is 0 Å². The van der Waals surface area contributed by atoms with Gasteiger partial charge in [-0.3, -0.25) is 4.21 Å². The summed E-state index contributed by atoms with van der Waals surface area (Å²) in [5, 5.41) is 8.62. The average Bonchev–Trinajstić information content (AvgIpc) is 2.14. The van der Waals surface area contributed by atoms with E-state index in [0.717, 1.165) is 10.5 Å². The second-order valence-electron chi connectivity index (χ2n) is 3.15. The molecule has 1 aromatic carbocycles. The Morgan fingerprint density at radius 2 is 2.21 bits per heavy atom. The molecular weight excluding hydrogens is 198 g/mol. The van der Waals surface area contributed by atoms with Crippen LogP contribution in [0.15, 0.2) is 23.1 Å². The van der Waals surface area contributed by atoms with Gasteiger partial charge in [0.25, 0.3) is 0 Å². The summed E-state index contributed by atoms with van der Waals surface area (Å²) >= 11 is 0. The molecule has 14 heavy (non-hydrogen) atoms. The fraction of sp³-hybridized carbons (Fsp3) is 0.400. The van der Waals surface area contributed by atoms with Crippen molar-refractivity contribution in [2.75, 3.05) is 18.1 Å². The van der Waals surface area contributed by atoms with Crippen LogP contribution in [0, 0.1) is 6.92 Å². The van der Waals surface area contributed by atoms with Gasteiger partial charge < -0.3 is 10.8 Å². The molecule has 3 N–H and O–H groups in total. The fourth-order valence-electron chi connectivity index (χ4n) is 1.23. The van der Waals surface area contributed by atoms with Gasteiger partial charge in [0.05, 0.1) is 10.8 Å². The van der Waals surface area contributed by atoms with Gasteiger partial charge in [0.2, 0.25) is 0 Å². The average molecular weight is 213 g/mol. The van der Waals surface area contributed by atoms with E-state index in [1.54, 1.807) is 12.1 Å². The maximum absolute atomic E-state index is 11.7. The molecule has 0 saturated heterocycles. The second kappa shape index (κ2) is 5.12. The van der Waals surface area contributed by atoms with Crippen LogP contribution in [-0.4, -0.2) is 21.7 Å².